The Morgan fingerprint density at radius 1 is 0.340 bits per heavy atom. The van der Waals surface area contributed by atoms with E-state index in [1.165, 1.54) is 48.6 Å². The van der Waals surface area contributed by atoms with E-state index in [4.69, 9.17) is 15.0 Å². The molecule has 1 aliphatic heterocycles. The third-order valence-corrected chi connectivity index (χ3v) is 14.5. The monoisotopic (exact) mass is 693 g/mol. The zero-order valence-corrected chi connectivity index (χ0v) is 30.6. The molecule has 0 N–H and O–H groups in total. The lowest BCUT2D eigenvalue weighted by Crippen LogP contribution is -2.49. The summed E-state index contributed by atoms with van der Waals surface area (Å²) in [5, 5.41) is 8.12. The highest BCUT2D eigenvalue weighted by atomic mass is 28.3. The maximum absolute atomic E-state index is 5.19. The maximum Gasteiger partial charge on any atom is 0.164 e. The van der Waals surface area contributed by atoms with Crippen LogP contribution in [0.15, 0.2) is 176 Å². The molecule has 9 aromatic rings. The maximum atomic E-state index is 5.19. The van der Waals surface area contributed by atoms with Crippen LogP contribution in [0.4, 0.5) is 0 Å². The van der Waals surface area contributed by atoms with E-state index in [1.54, 1.807) is 0 Å². The molecule has 0 saturated carbocycles. The summed E-state index contributed by atoms with van der Waals surface area (Å²) in [6, 6.07) is 62.9. The highest BCUT2D eigenvalue weighted by Gasteiger charge is 2.39. The first kappa shape index (κ1) is 31.3. The minimum atomic E-state index is -1.94. The van der Waals surface area contributed by atoms with Gasteiger partial charge in [-0.1, -0.05) is 171 Å². The summed E-state index contributed by atoms with van der Waals surface area (Å²) in [7, 11) is -1.94. The van der Waals surface area contributed by atoms with Crippen LogP contribution in [0.2, 0.25) is 13.1 Å². The Morgan fingerprint density at radius 2 is 0.868 bits per heavy atom. The topological polar surface area (TPSA) is 38.7 Å². The van der Waals surface area contributed by atoms with E-state index < -0.39 is 8.07 Å². The predicted octanol–water partition coefficient (Wildman–Crippen LogP) is 11.3. The highest BCUT2D eigenvalue weighted by molar-refractivity contribution is 7.05. The smallest absolute Gasteiger partial charge is 0.164 e. The summed E-state index contributed by atoms with van der Waals surface area (Å²) in [4.78, 5) is 15.5. The van der Waals surface area contributed by atoms with Crippen LogP contribution < -0.4 is 10.4 Å². The lowest BCUT2D eigenvalue weighted by Gasteiger charge is -2.20. The number of hydrogen-bond acceptors (Lipinski definition) is 3. The molecule has 0 fully saturated rings. The fourth-order valence-corrected chi connectivity index (χ4v) is 11.6. The molecule has 4 heteroatoms. The van der Waals surface area contributed by atoms with Crippen molar-refractivity contribution >= 4 is 40.0 Å². The van der Waals surface area contributed by atoms with Gasteiger partial charge in [-0.15, -0.1) is 0 Å². The lowest BCUT2D eigenvalue weighted by atomic mass is 9.99. The predicted molar refractivity (Wildman–Crippen MR) is 224 cm³/mol. The lowest BCUT2D eigenvalue weighted by molar-refractivity contribution is 1.07. The molecule has 0 amide bonds. The molecule has 0 spiro atoms. The van der Waals surface area contributed by atoms with Crippen molar-refractivity contribution in [3.05, 3.63) is 176 Å². The number of rotatable bonds is 5. The molecule has 10 rings (SSSR count). The zero-order chi connectivity index (χ0) is 35.5. The van der Waals surface area contributed by atoms with Gasteiger partial charge in [0.1, 0.15) is 8.07 Å². The van der Waals surface area contributed by atoms with Gasteiger partial charge in [0.2, 0.25) is 0 Å². The van der Waals surface area contributed by atoms with Crippen LogP contribution in [0, 0.1) is 0 Å². The van der Waals surface area contributed by atoms with Crippen LogP contribution in [0.3, 0.4) is 0 Å². The number of aromatic nitrogens is 3. The van der Waals surface area contributed by atoms with Crippen molar-refractivity contribution < 1.29 is 0 Å². The highest BCUT2D eigenvalue weighted by Crippen LogP contribution is 2.36. The minimum Gasteiger partial charge on any atom is -0.208 e. The Morgan fingerprint density at radius 3 is 1.66 bits per heavy atom. The van der Waals surface area contributed by atoms with E-state index in [-0.39, 0.29) is 0 Å². The van der Waals surface area contributed by atoms with Gasteiger partial charge in [-0.2, -0.15) is 0 Å². The van der Waals surface area contributed by atoms with Gasteiger partial charge >= 0.3 is 0 Å². The first-order valence-electron chi connectivity index (χ1n) is 18.2. The summed E-state index contributed by atoms with van der Waals surface area (Å²) in [6.45, 7) is 4.95. The second-order valence-corrected chi connectivity index (χ2v) is 18.8. The first-order chi connectivity index (χ1) is 26.0. The normalized spacial score (nSPS) is 12.9. The fraction of sp³-hybridized carbons (Fsp3) is 0.0408. The van der Waals surface area contributed by atoms with Crippen LogP contribution >= 0.6 is 0 Å². The Labute approximate surface area is 310 Å². The number of hydrogen-bond donors (Lipinski definition) is 0. The Bertz CT molecular complexity index is 2860. The fourth-order valence-electron chi connectivity index (χ4n) is 8.17. The van der Waals surface area contributed by atoms with Gasteiger partial charge in [-0.05, 0) is 83.5 Å². The molecule has 3 nitrogen and oxygen atoms in total. The number of fused-ring (bicyclic) bond motifs is 6. The van der Waals surface area contributed by atoms with Gasteiger partial charge in [0.25, 0.3) is 0 Å². The third kappa shape index (κ3) is 5.38. The first-order valence-corrected chi connectivity index (χ1v) is 21.2. The molecular formula is C49H35N3Si. The molecule has 1 aromatic heterocycles. The molecule has 0 atom stereocenters. The Kier molecular flexibility index (Phi) is 7.27. The van der Waals surface area contributed by atoms with Crippen LogP contribution in [-0.2, 0) is 0 Å². The summed E-state index contributed by atoms with van der Waals surface area (Å²) < 4.78 is 0. The second-order valence-electron chi connectivity index (χ2n) is 14.5. The quantitative estimate of drug-likeness (QED) is 0.168. The van der Waals surface area contributed by atoms with E-state index in [2.05, 4.69) is 183 Å². The third-order valence-electron chi connectivity index (χ3n) is 10.9. The minimum absolute atomic E-state index is 0.654. The molecule has 2 heterocycles. The van der Waals surface area contributed by atoms with Gasteiger partial charge in [0.15, 0.2) is 17.5 Å². The van der Waals surface area contributed by atoms with Crippen molar-refractivity contribution in [1.29, 1.82) is 0 Å². The van der Waals surface area contributed by atoms with Gasteiger partial charge in [0, 0.05) is 16.7 Å². The van der Waals surface area contributed by atoms with Crippen molar-refractivity contribution in [2.45, 2.75) is 13.1 Å². The Balaban J connectivity index is 1.11. The standard InChI is InChI=1S/C49H35N3Si/c1-53(2)45-28-26-41(31-44(45)43-27-25-35-14-8-9-18-42(35)46(43)53)49-51-47(50-48(52-49)40-17-10-16-38(30-40)32-11-4-3-5-12-32)36-22-19-34(20-23-36)39-24-21-33-13-6-7-15-37(33)29-39/h3-31H,1-2H3. The largest absolute Gasteiger partial charge is 0.208 e. The van der Waals surface area contributed by atoms with Crippen molar-refractivity contribution in [3.63, 3.8) is 0 Å². The second kappa shape index (κ2) is 12.3. The molecule has 0 radical (unpaired) electrons. The molecule has 0 saturated heterocycles. The number of benzene rings is 8. The van der Waals surface area contributed by atoms with Crippen LogP contribution in [0.25, 0.3) is 89.1 Å². The van der Waals surface area contributed by atoms with Gasteiger partial charge in [0.05, 0.1) is 0 Å². The molecule has 0 bridgehead atoms. The summed E-state index contributed by atoms with van der Waals surface area (Å²) in [5.41, 5.74) is 10.2. The van der Waals surface area contributed by atoms with Crippen LogP contribution in [-0.4, -0.2) is 23.0 Å². The summed E-state index contributed by atoms with van der Waals surface area (Å²) in [5.74, 6) is 1.98. The molecule has 1 aliphatic rings. The zero-order valence-electron chi connectivity index (χ0n) is 29.6. The Hall–Kier alpha value is -6.49. The van der Waals surface area contributed by atoms with E-state index in [1.807, 2.05) is 6.07 Å². The molecule has 0 aliphatic carbocycles. The molecule has 250 valence electrons. The summed E-state index contributed by atoms with van der Waals surface area (Å²) >= 11 is 0. The van der Waals surface area contributed by atoms with E-state index >= 15 is 0 Å². The van der Waals surface area contributed by atoms with E-state index in [9.17, 15) is 0 Å². The summed E-state index contributed by atoms with van der Waals surface area (Å²) in [6.07, 6.45) is 0. The van der Waals surface area contributed by atoms with Crippen molar-refractivity contribution in [1.82, 2.24) is 15.0 Å². The molecule has 0 unspecified atom stereocenters. The van der Waals surface area contributed by atoms with Gasteiger partial charge in [-0.25, -0.2) is 15.0 Å². The SMILES string of the molecule is C[Si]1(C)c2ccc(-c3nc(-c4ccc(-c5ccc6ccccc6c5)cc4)nc(-c4cccc(-c5ccccc5)c4)n3)cc2-c2ccc3ccccc3c21. The van der Waals surface area contributed by atoms with Crippen molar-refractivity contribution in [3.8, 4) is 67.5 Å². The van der Waals surface area contributed by atoms with E-state index in [0.717, 1.165) is 33.4 Å². The average molecular weight is 694 g/mol. The van der Waals surface area contributed by atoms with Crippen LogP contribution in [0.1, 0.15) is 0 Å². The van der Waals surface area contributed by atoms with E-state index in [0.29, 0.717) is 17.5 Å². The molecule has 53 heavy (non-hydrogen) atoms. The van der Waals surface area contributed by atoms with Gasteiger partial charge < -0.3 is 0 Å². The molecular weight excluding hydrogens is 659 g/mol. The van der Waals surface area contributed by atoms with Crippen molar-refractivity contribution in [2.24, 2.45) is 0 Å². The molecule has 8 aromatic carbocycles. The van der Waals surface area contributed by atoms with Crippen molar-refractivity contribution in [2.75, 3.05) is 0 Å². The average Bonchev–Trinajstić information content (AvgIpc) is 3.46. The van der Waals surface area contributed by atoms with Crippen LogP contribution in [0.5, 0.6) is 0 Å². The number of nitrogens with zero attached hydrogens (tertiary/aromatic N) is 3. The van der Waals surface area contributed by atoms with Gasteiger partial charge in [-0.3, -0.25) is 0 Å².